The zero-order valence-corrected chi connectivity index (χ0v) is 15.5. The lowest BCUT2D eigenvalue weighted by molar-refractivity contribution is -0.147. The summed E-state index contributed by atoms with van der Waals surface area (Å²) in [6.07, 6.45) is 1.79. The van der Waals surface area contributed by atoms with Gasteiger partial charge in [0, 0.05) is 17.0 Å². The number of carbonyl (C=O) groups excluding carboxylic acids is 1. The maximum atomic E-state index is 12.0. The summed E-state index contributed by atoms with van der Waals surface area (Å²) in [6, 6.07) is 14.6. The van der Waals surface area contributed by atoms with E-state index in [4.69, 9.17) is 13.9 Å². The van der Waals surface area contributed by atoms with Crippen LogP contribution in [0, 0.1) is 0 Å². The Bertz CT molecular complexity index is 986. The van der Waals surface area contributed by atoms with Crippen molar-refractivity contribution in [1.29, 1.82) is 0 Å². The maximum absolute atomic E-state index is 12.0. The molecule has 140 valence electrons. The Hall–Kier alpha value is -3.08. The first kappa shape index (κ1) is 18.7. The number of esters is 1. The van der Waals surface area contributed by atoms with Crippen LogP contribution in [0.5, 0.6) is 5.75 Å². The molecule has 0 aliphatic rings. The molecule has 1 heterocycles. The van der Waals surface area contributed by atoms with Gasteiger partial charge in [-0.3, -0.25) is 0 Å². The second kappa shape index (κ2) is 8.54. The number of benzene rings is 2. The number of hydrogen-bond donors (Lipinski definition) is 0. The van der Waals surface area contributed by atoms with Crippen LogP contribution in [0.15, 0.2) is 57.7 Å². The van der Waals surface area contributed by atoms with E-state index < -0.39 is 11.6 Å². The summed E-state index contributed by atoms with van der Waals surface area (Å²) in [6.45, 7) is 3.90. The van der Waals surface area contributed by atoms with E-state index in [9.17, 15) is 9.59 Å². The summed E-state index contributed by atoms with van der Waals surface area (Å²) in [7, 11) is 0. The van der Waals surface area contributed by atoms with Gasteiger partial charge in [-0.1, -0.05) is 38.1 Å². The number of carbonyl (C=O) groups is 1. The van der Waals surface area contributed by atoms with Crippen molar-refractivity contribution in [2.24, 2.45) is 0 Å². The van der Waals surface area contributed by atoms with Crippen molar-refractivity contribution in [2.45, 2.75) is 33.3 Å². The van der Waals surface area contributed by atoms with Crippen LogP contribution in [0.4, 0.5) is 0 Å². The van der Waals surface area contributed by atoms with Crippen LogP contribution in [-0.2, 0) is 29.0 Å². The molecule has 0 atom stereocenters. The molecule has 3 aromatic rings. The highest BCUT2D eigenvalue weighted by atomic mass is 16.6. The number of aryl methyl sites for hydroxylation is 2. The zero-order chi connectivity index (χ0) is 19.2. The molecule has 0 N–H and O–H groups in total. The van der Waals surface area contributed by atoms with Gasteiger partial charge in [-0.2, -0.15) is 0 Å². The van der Waals surface area contributed by atoms with E-state index in [1.165, 1.54) is 11.6 Å². The molecule has 5 heteroatoms. The molecule has 0 fully saturated rings. The number of rotatable bonds is 7. The molecule has 3 rings (SSSR count). The summed E-state index contributed by atoms with van der Waals surface area (Å²) < 4.78 is 16.0. The molecule has 0 spiro atoms. The first-order chi connectivity index (χ1) is 13.1. The van der Waals surface area contributed by atoms with Crippen molar-refractivity contribution >= 4 is 16.9 Å². The van der Waals surface area contributed by atoms with E-state index in [0.717, 1.165) is 23.8 Å². The van der Waals surface area contributed by atoms with Gasteiger partial charge in [0.1, 0.15) is 17.9 Å². The molecule has 0 aliphatic carbocycles. The average molecular weight is 366 g/mol. The average Bonchev–Trinajstić information content (AvgIpc) is 2.70. The Labute approximate surface area is 157 Å². The van der Waals surface area contributed by atoms with E-state index in [0.29, 0.717) is 16.9 Å². The molecule has 0 radical (unpaired) electrons. The van der Waals surface area contributed by atoms with E-state index in [1.807, 2.05) is 49.4 Å². The number of ether oxygens (including phenoxy) is 2. The van der Waals surface area contributed by atoms with Crippen LogP contribution in [0.1, 0.15) is 30.5 Å². The second-order valence-corrected chi connectivity index (χ2v) is 6.22. The van der Waals surface area contributed by atoms with Crippen molar-refractivity contribution < 1.29 is 18.7 Å². The van der Waals surface area contributed by atoms with Gasteiger partial charge in [-0.05, 0) is 42.2 Å². The van der Waals surface area contributed by atoms with Crippen molar-refractivity contribution in [3.8, 4) is 5.75 Å². The molecule has 5 nitrogen and oxygen atoms in total. The Morgan fingerprint density at radius 1 is 0.963 bits per heavy atom. The molecule has 1 aromatic heterocycles. The van der Waals surface area contributed by atoms with Gasteiger partial charge in [0.25, 0.3) is 0 Å². The quantitative estimate of drug-likeness (QED) is 0.466. The smallest absolute Gasteiger partial charge is 0.344 e. The fourth-order valence-electron chi connectivity index (χ4n) is 2.78. The fraction of sp³-hybridized carbons (Fsp3) is 0.273. The minimum atomic E-state index is -0.499. The maximum Gasteiger partial charge on any atom is 0.344 e. The Kier molecular flexibility index (Phi) is 5.91. The lowest BCUT2D eigenvalue weighted by Gasteiger charge is -2.09. The molecule has 2 aromatic carbocycles. The lowest BCUT2D eigenvalue weighted by Crippen LogP contribution is -2.15. The third-order valence-corrected chi connectivity index (χ3v) is 4.38. The molecule has 0 amide bonds. The van der Waals surface area contributed by atoms with Crippen LogP contribution < -0.4 is 10.4 Å². The monoisotopic (exact) mass is 366 g/mol. The topological polar surface area (TPSA) is 65.7 Å². The second-order valence-electron chi connectivity index (χ2n) is 6.22. The lowest BCUT2D eigenvalue weighted by atomic mass is 10.1. The predicted molar refractivity (Wildman–Crippen MR) is 103 cm³/mol. The minimum Gasteiger partial charge on any atom is -0.482 e. The molecule has 0 bridgehead atoms. The van der Waals surface area contributed by atoms with E-state index in [2.05, 4.69) is 6.92 Å². The SMILES string of the molecule is CCc1ccc(OCC(=O)OCc2cc(=O)oc3cc(CC)ccc23)cc1. The van der Waals surface area contributed by atoms with Crippen LogP contribution in [0.2, 0.25) is 0 Å². The van der Waals surface area contributed by atoms with Gasteiger partial charge in [-0.25, -0.2) is 9.59 Å². The van der Waals surface area contributed by atoms with Gasteiger partial charge in [-0.15, -0.1) is 0 Å². The van der Waals surface area contributed by atoms with Crippen molar-refractivity contribution in [2.75, 3.05) is 6.61 Å². The summed E-state index contributed by atoms with van der Waals surface area (Å²) in [5.41, 5.74) is 2.92. The predicted octanol–water partition coefficient (Wildman–Crippen LogP) is 4.04. The first-order valence-electron chi connectivity index (χ1n) is 9.02. The Morgan fingerprint density at radius 3 is 2.37 bits per heavy atom. The highest BCUT2D eigenvalue weighted by Gasteiger charge is 2.10. The number of fused-ring (bicyclic) bond motifs is 1. The molecular weight excluding hydrogens is 344 g/mol. The summed E-state index contributed by atoms with van der Waals surface area (Å²) in [4.78, 5) is 23.8. The van der Waals surface area contributed by atoms with E-state index in [-0.39, 0.29) is 13.2 Å². The number of hydrogen-bond acceptors (Lipinski definition) is 5. The fourth-order valence-corrected chi connectivity index (χ4v) is 2.78. The van der Waals surface area contributed by atoms with Crippen molar-refractivity contribution in [3.63, 3.8) is 0 Å². The Morgan fingerprint density at radius 2 is 1.67 bits per heavy atom. The normalized spacial score (nSPS) is 10.7. The van der Waals surface area contributed by atoms with E-state index in [1.54, 1.807) is 0 Å². The summed E-state index contributed by atoms with van der Waals surface area (Å²) in [5, 5.41) is 0.760. The van der Waals surface area contributed by atoms with Gasteiger partial charge >= 0.3 is 11.6 Å². The summed E-state index contributed by atoms with van der Waals surface area (Å²) in [5.74, 6) is 0.114. The third-order valence-electron chi connectivity index (χ3n) is 4.38. The van der Waals surface area contributed by atoms with Crippen LogP contribution in [0.3, 0.4) is 0 Å². The highest BCUT2D eigenvalue weighted by Crippen LogP contribution is 2.20. The standard InChI is InChI=1S/C22H22O5/c1-3-15-5-8-18(9-6-15)25-14-22(24)26-13-17-12-21(23)27-20-11-16(4-2)7-10-19(17)20/h5-12H,3-4,13-14H2,1-2H3. The van der Waals surface area contributed by atoms with E-state index >= 15 is 0 Å². The highest BCUT2D eigenvalue weighted by molar-refractivity contribution is 5.81. The van der Waals surface area contributed by atoms with Crippen LogP contribution in [0.25, 0.3) is 11.0 Å². The van der Waals surface area contributed by atoms with Gasteiger partial charge in [0.15, 0.2) is 6.61 Å². The van der Waals surface area contributed by atoms with Gasteiger partial charge < -0.3 is 13.9 Å². The molecule has 0 unspecified atom stereocenters. The molecule has 0 aliphatic heterocycles. The van der Waals surface area contributed by atoms with Gasteiger partial charge in [0.2, 0.25) is 0 Å². The first-order valence-corrected chi connectivity index (χ1v) is 9.02. The Balaban J connectivity index is 1.63. The molecule has 0 saturated carbocycles. The minimum absolute atomic E-state index is 0.00939. The van der Waals surface area contributed by atoms with Crippen molar-refractivity contribution in [3.05, 3.63) is 75.6 Å². The van der Waals surface area contributed by atoms with Crippen LogP contribution in [-0.4, -0.2) is 12.6 Å². The zero-order valence-electron chi connectivity index (χ0n) is 15.5. The van der Waals surface area contributed by atoms with Gasteiger partial charge in [0.05, 0.1) is 0 Å². The molecular formula is C22H22O5. The van der Waals surface area contributed by atoms with Crippen LogP contribution >= 0.6 is 0 Å². The molecule has 27 heavy (non-hydrogen) atoms. The largest absolute Gasteiger partial charge is 0.482 e. The third kappa shape index (κ3) is 4.76. The van der Waals surface area contributed by atoms with Crippen molar-refractivity contribution in [1.82, 2.24) is 0 Å². The summed E-state index contributed by atoms with van der Waals surface area (Å²) >= 11 is 0. The molecule has 0 saturated heterocycles.